The molecule has 4 nitrogen and oxygen atoms in total. The lowest BCUT2D eigenvalue weighted by Gasteiger charge is -2.23. The van der Waals surface area contributed by atoms with E-state index in [-0.39, 0.29) is 5.91 Å². The van der Waals surface area contributed by atoms with E-state index in [1.165, 1.54) is 16.2 Å². The number of rotatable bonds is 4. The van der Waals surface area contributed by atoms with Gasteiger partial charge in [0.25, 0.3) is 5.91 Å². The fourth-order valence-corrected chi connectivity index (χ4v) is 4.91. The average Bonchev–Trinajstić information content (AvgIpc) is 3.28. The van der Waals surface area contributed by atoms with Crippen molar-refractivity contribution in [1.82, 2.24) is 9.88 Å². The van der Waals surface area contributed by atoms with Crippen molar-refractivity contribution in [1.29, 1.82) is 0 Å². The Hall–Kier alpha value is -2.02. The van der Waals surface area contributed by atoms with Crippen LogP contribution in [0.3, 0.4) is 0 Å². The summed E-state index contributed by atoms with van der Waals surface area (Å²) in [5, 5.41) is 5.68. The van der Waals surface area contributed by atoms with E-state index in [4.69, 9.17) is 0 Å². The van der Waals surface area contributed by atoms with Gasteiger partial charge in [0.05, 0.1) is 5.69 Å². The van der Waals surface area contributed by atoms with E-state index in [0.717, 1.165) is 47.8 Å². The third-order valence-corrected chi connectivity index (χ3v) is 6.35. The van der Waals surface area contributed by atoms with Crippen LogP contribution in [0.1, 0.15) is 27.2 Å². The van der Waals surface area contributed by atoms with Crippen LogP contribution in [0.4, 0.5) is 5.13 Å². The third kappa shape index (κ3) is 3.38. The number of thiazole rings is 1. The van der Waals surface area contributed by atoms with E-state index in [1.54, 1.807) is 11.3 Å². The van der Waals surface area contributed by atoms with Gasteiger partial charge in [-0.05, 0) is 23.6 Å². The summed E-state index contributed by atoms with van der Waals surface area (Å²) in [7, 11) is 0. The Morgan fingerprint density at radius 1 is 1.28 bits per heavy atom. The molecule has 0 saturated heterocycles. The molecular formula is C19H19N3OS2. The van der Waals surface area contributed by atoms with Gasteiger partial charge in [0, 0.05) is 30.0 Å². The maximum absolute atomic E-state index is 12.8. The van der Waals surface area contributed by atoms with Gasteiger partial charge in [-0.3, -0.25) is 15.0 Å². The minimum absolute atomic E-state index is 0.0766. The SMILES string of the molecule is CCN1CCc2nc(NC(=O)c3sccc3-c3ccccc3)sc2C1. The highest BCUT2D eigenvalue weighted by Crippen LogP contribution is 2.31. The van der Waals surface area contributed by atoms with Crippen molar-refractivity contribution in [3.63, 3.8) is 0 Å². The van der Waals surface area contributed by atoms with E-state index in [2.05, 4.69) is 22.1 Å². The number of hydrogen-bond acceptors (Lipinski definition) is 5. The molecule has 1 aliphatic heterocycles. The topological polar surface area (TPSA) is 45.2 Å². The van der Waals surface area contributed by atoms with E-state index in [1.807, 2.05) is 41.8 Å². The smallest absolute Gasteiger partial charge is 0.268 e. The van der Waals surface area contributed by atoms with Gasteiger partial charge in [0.1, 0.15) is 4.88 Å². The molecule has 128 valence electrons. The predicted molar refractivity (Wildman–Crippen MR) is 104 cm³/mol. The van der Waals surface area contributed by atoms with Gasteiger partial charge in [-0.2, -0.15) is 0 Å². The second kappa shape index (κ2) is 7.07. The molecule has 0 radical (unpaired) electrons. The number of likely N-dealkylation sites (N-methyl/N-ethyl adjacent to an activating group) is 1. The number of anilines is 1. The minimum atomic E-state index is -0.0766. The lowest BCUT2D eigenvalue weighted by atomic mass is 10.1. The molecule has 25 heavy (non-hydrogen) atoms. The van der Waals surface area contributed by atoms with Crippen molar-refractivity contribution in [2.24, 2.45) is 0 Å². The average molecular weight is 370 g/mol. The number of benzene rings is 1. The van der Waals surface area contributed by atoms with Crippen LogP contribution >= 0.6 is 22.7 Å². The lowest BCUT2D eigenvalue weighted by molar-refractivity contribution is 0.103. The first-order valence-electron chi connectivity index (χ1n) is 8.40. The Labute approximate surface area is 155 Å². The largest absolute Gasteiger partial charge is 0.298 e. The van der Waals surface area contributed by atoms with E-state index >= 15 is 0 Å². The molecule has 0 atom stereocenters. The molecule has 0 bridgehead atoms. The van der Waals surface area contributed by atoms with Crippen molar-refractivity contribution in [2.75, 3.05) is 18.4 Å². The van der Waals surface area contributed by atoms with Crippen LogP contribution in [0, 0.1) is 0 Å². The zero-order chi connectivity index (χ0) is 17.2. The van der Waals surface area contributed by atoms with E-state index in [9.17, 15) is 4.79 Å². The fourth-order valence-electron chi connectivity index (χ4n) is 3.06. The minimum Gasteiger partial charge on any atom is -0.298 e. The predicted octanol–water partition coefficient (Wildman–Crippen LogP) is 4.50. The van der Waals surface area contributed by atoms with E-state index in [0.29, 0.717) is 5.13 Å². The first-order chi connectivity index (χ1) is 12.2. The molecule has 1 aliphatic rings. The normalized spacial score (nSPS) is 14.3. The summed E-state index contributed by atoms with van der Waals surface area (Å²) in [4.78, 5) is 21.8. The number of carbonyl (C=O) groups excluding carboxylic acids is 1. The highest BCUT2D eigenvalue weighted by molar-refractivity contribution is 7.16. The van der Waals surface area contributed by atoms with Crippen molar-refractivity contribution in [3.8, 4) is 11.1 Å². The quantitative estimate of drug-likeness (QED) is 0.736. The van der Waals surface area contributed by atoms with Crippen LogP contribution in [-0.2, 0) is 13.0 Å². The number of aromatic nitrogens is 1. The number of nitrogens with zero attached hydrogens (tertiary/aromatic N) is 2. The van der Waals surface area contributed by atoms with Crippen LogP contribution in [0.25, 0.3) is 11.1 Å². The molecule has 0 unspecified atom stereocenters. The molecule has 0 saturated carbocycles. The summed E-state index contributed by atoms with van der Waals surface area (Å²) >= 11 is 3.07. The summed E-state index contributed by atoms with van der Waals surface area (Å²) in [6.45, 7) is 5.21. The van der Waals surface area contributed by atoms with E-state index < -0.39 is 0 Å². The number of thiophene rings is 1. The molecule has 4 rings (SSSR count). The van der Waals surface area contributed by atoms with Crippen LogP contribution < -0.4 is 5.32 Å². The molecule has 6 heteroatoms. The number of nitrogens with one attached hydrogen (secondary N) is 1. The maximum Gasteiger partial charge on any atom is 0.268 e. The van der Waals surface area contributed by atoms with Crippen molar-refractivity contribution in [2.45, 2.75) is 19.9 Å². The highest BCUT2D eigenvalue weighted by Gasteiger charge is 2.21. The Kier molecular flexibility index (Phi) is 4.65. The second-order valence-electron chi connectivity index (χ2n) is 5.99. The van der Waals surface area contributed by atoms with Gasteiger partial charge in [-0.15, -0.1) is 22.7 Å². The highest BCUT2D eigenvalue weighted by atomic mass is 32.1. The summed E-state index contributed by atoms with van der Waals surface area (Å²) in [5.74, 6) is -0.0766. The molecule has 1 aromatic carbocycles. The zero-order valence-corrected chi connectivity index (χ0v) is 15.6. The zero-order valence-electron chi connectivity index (χ0n) is 14.0. The van der Waals surface area contributed by atoms with Crippen molar-refractivity contribution < 1.29 is 4.79 Å². The maximum atomic E-state index is 12.8. The molecule has 2 aromatic heterocycles. The first-order valence-corrected chi connectivity index (χ1v) is 10.1. The molecule has 1 N–H and O–H groups in total. The fraction of sp³-hybridized carbons (Fsp3) is 0.263. The Morgan fingerprint density at radius 2 is 2.12 bits per heavy atom. The third-order valence-electron chi connectivity index (χ3n) is 4.43. The number of fused-ring (bicyclic) bond motifs is 1. The molecule has 0 aliphatic carbocycles. The molecular weight excluding hydrogens is 350 g/mol. The van der Waals surface area contributed by atoms with Gasteiger partial charge in [0.2, 0.25) is 0 Å². The van der Waals surface area contributed by atoms with Crippen molar-refractivity contribution in [3.05, 3.63) is 57.2 Å². The number of hydrogen-bond donors (Lipinski definition) is 1. The Balaban J connectivity index is 1.54. The molecule has 0 spiro atoms. The molecule has 3 aromatic rings. The lowest BCUT2D eigenvalue weighted by Crippen LogP contribution is -2.29. The van der Waals surface area contributed by atoms with Crippen molar-refractivity contribution >= 4 is 33.7 Å². The van der Waals surface area contributed by atoms with Gasteiger partial charge >= 0.3 is 0 Å². The summed E-state index contributed by atoms with van der Waals surface area (Å²) in [5.41, 5.74) is 3.17. The monoisotopic (exact) mass is 369 g/mol. The van der Waals surface area contributed by atoms with Gasteiger partial charge < -0.3 is 0 Å². The van der Waals surface area contributed by atoms with Crippen LogP contribution in [0.2, 0.25) is 0 Å². The molecule has 3 heterocycles. The molecule has 0 fully saturated rings. The summed E-state index contributed by atoms with van der Waals surface area (Å²) < 4.78 is 0. The number of carbonyl (C=O) groups is 1. The van der Waals surface area contributed by atoms with Crippen LogP contribution in [-0.4, -0.2) is 28.9 Å². The van der Waals surface area contributed by atoms with Crippen LogP contribution in [0.15, 0.2) is 41.8 Å². The Bertz CT molecular complexity index is 885. The Morgan fingerprint density at radius 3 is 2.92 bits per heavy atom. The molecule has 1 amide bonds. The summed E-state index contributed by atoms with van der Waals surface area (Å²) in [6, 6.07) is 12.0. The first kappa shape index (κ1) is 16.4. The van der Waals surface area contributed by atoms with Gasteiger partial charge in [0.15, 0.2) is 5.13 Å². The van der Waals surface area contributed by atoms with Crippen LogP contribution in [0.5, 0.6) is 0 Å². The summed E-state index contributed by atoms with van der Waals surface area (Å²) in [6.07, 6.45) is 0.962. The second-order valence-corrected chi connectivity index (χ2v) is 7.99. The number of amides is 1. The standard InChI is InChI=1S/C19H19N3OS2/c1-2-22-10-8-15-16(12-22)25-19(20-15)21-18(23)17-14(9-11-24-17)13-6-4-3-5-7-13/h3-7,9,11H,2,8,10,12H2,1H3,(H,20,21,23). The van der Waals surface area contributed by atoms with Gasteiger partial charge in [-0.25, -0.2) is 4.98 Å². The van der Waals surface area contributed by atoms with Gasteiger partial charge in [-0.1, -0.05) is 37.3 Å².